The van der Waals surface area contributed by atoms with Crippen LogP contribution in [-0.2, 0) is 0 Å². The molecule has 0 aromatic heterocycles. The van der Waals surface area contributed by atoms with Gasteiger partial charge in [0.15, 0.2) is 0 Å². The monoisotopic (exact) mass is 323 g/mol. The molecule has 0 saturated carbocycles. The zero-order valence-electron chi connectivity index (χ0n) is 14.5. The number of allylic oxidation sites excluding steroid dienone is 1. The maximum atomic E-state index is 12.0. The second-order valence-electron chi connectivity index (χ2n) is 6.97. The van der Waals surface area contributed by atoms with Gasteiger partial charge < -0.3 is 5.32 Å². The number of anilines is 1. The van der Waals surface area contributed by atoms with Gasteiger partial charge in [0.2, 0.25) is 10.9 Å². The molecule has 24 heavy (non-hydrogen) atoms. The fourth-order valence-electron chi connectivity index (χ4n) is 3.35. The molecule has 0 unspecified atom stereocenters. The van der Waals surface area contributed by atoms with E-state index >= 15 is 0 Å². The first kappa shape index (κ1) is 16.7. The standard InChI is InChI=1S/C21H25NO2/c1-14(2)16-8-10-17(11-9-16)18-19(21(24)20(18)23)22-13-12-15-6-4-3-5-7-15/h6,8-11,14,22H,3-5,7,12-13H2,1-2H3. The summed E-state index contributed by atoms with van der Waals surface area (Å²) in [6, 6.07) is 7.96. The van der Waals surface area contributed by atoms with Gasteiger partial charge in [0.1, 0.15) is 0 Å². The van der Waals surface area contributed by atoms with Gasteiger partial charge in [0.25, 0.3) is 0 Å². The zero-order valence-corrected chi connectivity index (χ0v) is 14.5. The molecule has 3 heteroatoms. The second-order valence-corrected chi connectivity index (χ2v) is 6.97. The molecule has 1 N–H and O–H groups in total. The van der Waals surface area contributed by atoms with Crippen molar-refractivity contribution in [3.05, 3.63) is 61.9 Å². The molecule has 1 aliphatic carbocycles. The lowest BCUT2D eigenvalue weighted by molar-refractivity contribution is 0.679. The van der Waals surface area contributed by atoms with Gasteiger partial charge in [0.05, 0.1) is 11.3 Å². The second kappa shape index (κ2) is 7.16. The Balaban J connectivity index is 1.71. The number of benzene rings is 1. The first-order chi connectivity index (χ1) is 11.6. The summed E-state index contributed by atoms with van der Waals surface area (Å²) in [5, 5.41) is 3.20. The lowest BCUT2D eigenvalue weighted by Gasteiger charge is -2.16. The van der Waals surface area contributed by atoms with Gasteiger partial charge in [-0.3, -0.25) is 9.59 Å². The van der Waals surface area contributed by atoms with E-state index in [1.807, 2.05) is 24.3 Å². The molecule has 0 aliphatic heterocycles. The van der Waals surface area contributed by atoms with E-state index in [2.05, 4.69) is 25.2 Å². The molecular formula is C21H25NO2. The molecule has 0 amide bonds. The minimum Gasteiger partial charge on any atom is -0.381 e. The Labute approximate surface area is 143 Å². The maximum absolute atomic E-state index is 12.0. The van der Waals surface area contributed by atoms with Crippen molar-refractivity contribution in [1.29, 1.82) is 0 Å². The van der Waals surface area contributed by atoms with Gasteiger partial charge in [-0.25, -0.2) is 0 Å². The molecule has 0 radical (unpaired) electrons. The van der Waals surface area contributed by atoms with E-state index in [-0.39, 0.29) is 10.9 Å². The molecule has 0 atom stereocenters. The minimum atomic E-state index is -0.379. The highest BCUT2D eigenvalue weighted by Gasteiger charge is 2.22. The third-order valence-electron chi connectivity index (χ3n) is 4.91. The minimum absolute atomic E-state index is 0.369. The Morgan fingerprint density at radius 2 is 1.79 bits per heavy atom. The molecular weight excluding hydrogens is 298 g/mol. The first-order valence-corrected chi connectivity index (χ1v) is 8.93. The fourth-order valence-corrected chi connectivity index (χ4v) is 3.35. The van der Waals surface area contributed by atoms with Crippen molar-refractivity contribution in [1.82, 2.24) is 0 Å². The molecule has 1 aliphatic rings. The lowest BCUT2D eigenvalue weighted by atomic mass is 9.94. The predicted octanol–water partition coefficient (Wildman–Crippen LogP) is 4.38. The summed E-state index contributed by atoms with van der Waals surface area (Å²) < 4.78 is 0. The summed E-state index contributed by atoms with van der Waals surface area (Å²) in [6.45, 7) is 4.99. The van der Waals surface area contributed by atoms with Crippen LogP contribution in [-0.4, -0.2) is 6.54 Å². The molecule has 126 valence electrons. The van der Waals surface area contributed by atoms with Crippen LogP contribution in [0.1, 0.15) is 57.4 Å². The Hall–Kier alpha value is -2.16. The largest absolute Gasteiger partial charge is 0.381 e. The topological polar surface area (TPSA) is 46.2 Å². The van der Waals surface area contributed by atoms with E-state index < -0.39 is 0 Å². The van der Waals surface area contributed by atoms with Crippen molar-refractivity contribution in [2.45, 2.75) is 51.9 Å². The first-order valence-electron chi connectivity index (χ1n) is 8.93. The van der Waals surface area contributed by atoms with Crippen molar-refractivity contribution in [2.75, 3.05) is 11.9 Å². The Morgan fingerprint density at radius 3 is 2.42 bits per heavy atom. The summed E-state index contributed by atoms with van der Waals surface area (Å²) >= 11 is 0. The normalized spacial score (nSPS) is 14.9. The third kappa shape index (κ3) is 3.35. The number of nitrogens with one attached hydrogen (secondary N) is 1. The molecule has 0 spiro atoms. The van der Waals surface area contributed by atoms with Crippen LogP contribution in [0.4, 0.5) is 5.69 Å². The molecule has 0 fully saturated rings. The van der Waals surface area contributed by atoms with E-state index in [0.717, 1.165) is 18.4 Å². The smallest absolute Gasteiger partial charge is 0.250 e. The van der Waals surface area contributed by atoms with Gasteiger partial charge in [-0.15, -0.1) is 0 Å². The summed E-state index contributed by atoms with van der Waals surface area (Å²) in [5.41, 5.74) is 3.83. The van der Waals surface area contributed by atoms with Crippen LogP contribution in [0.25, 0.3) is 11.1 Å². The SMILES string of the molecule is CC(C)c1ccc(-c2c(NCCC3=CCCCC3)c(=O)c2=O)cc1. The van der Waals surface area contributed by atoms with Crippen LogP contribution in [0.2, 0.25) is 0 Å². The summed E-state index contributed by atoms with van der Waals surface area (Å²) in [6.07, 6.45) is 8.15. The molecule has 3 rings (SSSR count). The number of hydrogen-bond donors (Lipinski definition) is 1. The predicted molar refractivity (Wildman–Crippen MR) is 101 cm³/mol. The molecule has 2 aromatic carbocycles. The molecule has 0 heterocycles. The summed E-state index contributed by atoms with van der Waals surface area (Å²) in [4.78, 5) is 23.9. The molecule has 0 bridgehead atoms. The molecule has 0 saturated heterocycles. The highest BCUT2D eigenvalue weighted by Crippen LogP contribution is 2.26. The van der Waals surface area contributed by atoms with Crippen molar-refractivity contribution in [2.24, 2.45) is 0 Å². The van der Waals surface area contributed by atoms with Gasteiger partial charge >= 0.3 is 0 Å². The number of rotatable bonds is 6. The fraction of sp³-hybridized carbons (Fsp3) is 0.429. The van der Waals surface area contributed by atoms with Crippen LogP contribution < -0.4 is 16.2 Å². The van der Waals surface area contributed by atoms with E-state index in [4.69, 9.17) is 0 Å². The van der Waals surface area contributed by atoms with Crippen molar-refractivity contribution in [3.63, 3.8) is 0 Å². The average Bonchev–Trinajstić information content (AvgIpc) is 2.61. The van der Waals surface area contributed by atoms with Gasteiger partial charge in [-0.1, -0.05) is 49.8 Å². The summed E-state index contributed by atoms with van der Waals surface area (Å²) in [7, 11) is 0. The van der Waals surface area contributed by atoms with Crippen molar-refractivity contribution >= 4 is 5.69 Å². The van der Waals surface area contributed by atoms with Crippen LogP contribution in [0.5, 0.6) is 0 Å². The average molecular weight is 323 g/mol. The van der Waals surface area contributed by atoms with Gasteiger partial charge in [-0.05, 0) is 49.1 Å². The maximum Gasteiger partial charge on any atom is 0.250 e. The Morgan fingerprint density at radius 1 is 1.04 bits per heavy atom. The summed E-state index contributed by atoms with van der Waals surface area (Å²) in [5.74, 6) is 0.452. The van der Waals surface area contributed by atoms with Gasteiger partial charge in [0, 0.05) is 6.54 Å². The number of hydrogen-bond acceptors (Lipinski definition) is 3. The highest BCUT2D eigenvalue weighted by atomic mass is 16.2. The van der Waals surface area contributed by atoms with Crippen LogP contribution in [0.3, 0.4) is 0 Å². The quantitative estimate of drug-likeness (QED) is 0.634. The van der Waals surface area contributed by atoms with E-state index in [0.29, 0.717) is 23.7 Å². The van der Waals surface area contributed by atoms with Gasteiger partial charge in [-0.2, -0.15) is 0 Å². The third-order valence-corrected chi connectivity index (χ3v) is 4.91. The molecule has 2 aromatic rings. The lowest BCUT2D eigenvalue weighted by Crippen LogP contribution is -2.36. The van der Waals surface area contributed by atoms with Crippen LogP contribution in [0, 0.1) is 0 Å². The van der Waals surface area contributed by atoms with Crippen LogP contribution >= 0.6 is 0 Å². The van der Waals surface area contributed by atoms with Crippen LogP contribution in [0.15, 0.2) is 45.5 Å². The van der Waals surface area contributed by atoms with Crippen molar-refractivity contribution < 1.29 is 0 Å². The zero-order chi connectivity index (χ0) is 17.1. The molecule has 3 nitrogen and oxygen atoms in total. The van der Waals surface area contributed by atoms with E-state index in [1.54, 1.807) is 0 Å². The van der Waals surface area contributed by atoms with E-state index in [1.165, 1.54) is 30.4 Å². The highest BCUT2D eigenvalue weighted by molar-refractivity contribution is 5.81. The Kier molecular flexibility index (Phi) is 4.98. The Bertz CT molecular complexity index is 805. The van der Waals surface area contributed by atoms with Crippen molar-refractivity contribution in [3.8, 4) is 11.1 Å². The van der Waals surface area contributed by atoms with E-state index in [9.17, 15) is 9.59 Å².